The Kier molecular flexibility index (Phi) is 1.02. The molecular formula is C12H18O. The first kappa shape index (κ1) is 5.55. The quantitative estimate of drug-likeness (QED) is 0.616. The molecule has 4 fully saturated rings. The lowest BCUT2D eigenvalue weighted by Crippen LogP contribution is -2.56. The zero-order chi connectivity index (χ0) is 11.5. The van der Waals surface area contributed by atoms with Gasteiger partial charge in [-0.15, -0.1) is 6.53 Å². The second kappa shape index (κ2) is 2.38. The van der Waals surface area contributed by atoms with Gasteiger partial charge >= 0.3 is 0 Å². The molecule has 0 amide bonds. The molecule has 4 aliphatic rings. The SMILES string of the molecule is [2H]C([2H])=C([2H])C1(O)C2CC3CC(C2)CC1C3. The molecule has 13 heavy (non-hydrogen) atoms. The van der Waals surface area contributed by atoms with Gasteiger partial charge in [-0.2, -0.15) is 0 Å². The first-order valence-corrected chi connectivity index (χ1v) is 5.38. The summed E-state index contributed by atoms with van der Waals surface area (Å²) < 4.78 is 22.4. The fourth-order valence-corrected chi connectivity index (χ4v) is 4.11. The normalized spacial score (nSPS) is 61.2. The third-order valence-electron chi connectivity index (χ3n) is 4.58. The average Bonchev–Trinajstić information content (AvgIpc) is 2.23. The van der Waals surface area contributed by atoms with Gasteiger partial charge in [0.25, 0.3) is 0 Å². The summed E-state index contributed by atoms with van der Waals surface area (Å²) in [6.45, 7) is -0.505. The van der Waals surface area contributed by atoms with Gasteiger partial charge in [0.2, 0.25) is 0 Å². The zero-order valence-corrected chi connectivity index (χ0v) is 7.79. The zero-order valence-electron chi connectivity index (χ0n) is 10.8. The first-order valence-electron chi connectivity index (χ1n) is 6.88. The van der Waals surface area contributed by atoms with Gasteiger partial charge in [0.05, 0.1) is 9.71 Å². The maximum atomic E-state index is 10.7. The minimum absolute atomic E-state index is 0.138. The molecule has 1 nitrogen and oxygen atoms in total. The molecule has 0 aliphatic heterocycles. The Hall–Kier alpha value is -0.300. The van der Waals surface area contributed by atoms with Crippen molar-refractivity contribution in [3.05, 3.63) is 12.6 Å². The minimum Gasteiger partial charge on any atom is -0.385 e. The van der Waals surface area contributed by atoms with Crippen LogP contribution in [-0.2, 0) is 0 Å². The second-order valence-corrected chi connectivity index (χ2v) is 5.25. The Morgan fingerprint density at radius 1 is 1.23 bits per heavy atom. The van der Waals surface area contributed by atoms with Crippen molar-refractivity contribution in [2.45, 2.75) is 37.7 Å². The number of hydrogen-bond acceptors (Lipinski definition) is 1. The van der Waals surface area contributed by atoms with E-state index in [9.17, 15) is 5.11 Å². The summed E-state index contributed by atoms with van der Waals surface area (Å²) >= 11 is 0. The van der Waals surface area contributed by atoms with Crippen LogP contribution in [0.5, 0.6) is 0 Å². The molecule has 0 unspecified atom stereocenters. The molecule has 0 aromatic heterocycles. The van der Waals surface area contributed by atoms with E-state index in [0.29, 0.717) is 0 Å². The van der Waals surface area contributed by atoms with Crippen LogP contribution in [0.2, 0.25) is 0 Å². The van der Waals surface area contributed by atoms with Crippen LogP contribution in [0.3, 0.4) is 0 Å². The molecular weight excluding hydrogens is 160 g/mol. The van der Waals surface area contributed by atoms with E-state index in [2.05, 4.69) is 0 Å². The van der Waals surface area contributed by atoms with Crippen molar-refractivity contribution in [3.8, 4) is 0 Å². The van der Waals surface area contributed by atoms with Crippen LogP contribution in [0.15, 0.2) is 12.6 Å². The molecule has 4 rings (SSSR count). The van der Waals surface area contributed by atoms with Crippen LogP contribution in [-0.4, -0.2) is 10.7 Å². The monoisotopic (exact) mass is 181 g/mol. The Labute approximate surface area is 84.1 Å². The second-order valence-electron chi connectivity index (χ2n) is 5.25. The van der Waals surface area contributed by atoms with Gasteiger partial charge in [0.15, 0.2) is 0 Å². The Morgan fingerprint density at radius 2 is 1.77 bits per heavy atom. The van der Waals surface area contributed by atoms with Crippen LogP contribution in [0.1, 0.15) is 36.2 Å². The van der Waals surface area contributed by atoms with Gasteiger partial charge in [-0.3, -0.25) is 0 Å². The Morgan fingerprint density at radius 3 is 2.23 bits per heavy atom. The highest BCUT2D eigenvalue weighted by molar-refractivity contribution is 5.13. The summed E-state index contributed by atoms with van der Waals surface area (Å²) in [4.78, 5) is 0. The fourth-order valence-electron chi connectivity index (χ4n) is 4.11. The third kappa shape index (κ3) is 0.914. The number of aliphatic hydroxyl groups is 1. The van der Waals surface area contributed by atoms with E-state index < -0.39 is 12.1 Å². The van der Waals surface area contributed by atoms with Gasteiger partial charge in [-0.05, 0) is 55.8 Å². The summed E-state index contributed by atoms with van der Waals surface area (Å²) in [5.41, 5.74) is -1.15. The first-order chi connectivity index (χ1) is 7.51. The van der Waals surface area contributed by atoms with Crippen molar-refractivity contribution in [3.63, 3.8) is 0 Å². The fraction of sp³-hybridized carbons (Fsp3) is 0.833. The third-order valence-corrected chi connectivity index (χ3v) is 4.58. The molecule has 4 saturated carbocycles. The lowest BCUT2D eigenvalue weighted by Gasteiger charge is -2.58. The van der Waals surface area contributed by atoms with E-state index in [1.54, 1.807) is 0 Å². The highest BCUT2D eigenvalue weighted by atomic mass is 16.3. The molecule has 4 bridgehead atoms. The van der Waals surface area contributed by atoms with Crippen molar-refractivity contribution < 1.29 is 9.22 Å². The van der Waals surface area contributed by atoms with Crippen molar-refractivity contribution in [2.24, 2.45) is 23.7 Å². The predicted octanol–water partition coefficient (Wildman–Crippen LogP) is 2.36. The van der Waals surface area contributed by atoms with Crippen LogP contribution in [0.25, 0.3) is 0 Å². The minimum atomic E-state index is -1.15. The van der Waals surface area contributed by atoms with Gasteiger partial charge in [0, 0.05) is 0 Å². The van der Waals surface area contributed by atoms with E-state index in [0.717, 1.165) is 37.5 Å². The van der Waals surface area contributed by atoms with Crippen LogP contribution >= 0.6 is 0 Å². The Balaban J connectivity index is 2.00. The molecule has 0 aromatic carbocycles. The van der Waals surface area contributed by atoms with E-state index in [-0.39, 0.29) is 17.9 Å². The number of hydrogen-bond donors (Lipinski definition) is 1. The maximum Gasteiger partial charge on any atom is 0.0881 e. The lowest BCUT2D eigenvalue weighted by atomic mass is 9.50. The van der Waals surface area contributed by atoms with Gasteiger partial charge in [-0.25, -0.2) is 0 Å². The summed E-state index contributed by atoms with van der Waals surface area (Å²) in [7, 11) is 0. The maximum absolute atomic E-state index is 10.7. The molecule has 0 atom stereocenters. The van der Waals surface area contributed by atoms with E-state index in [1.165, 1.54) is 6.42 Å². The molecule has 1 heteroatoms. The molecule has 0 radical (unpaired) electrons. The summed E-state index contributed by atoms with van der Waals surface area (Å²) in [6, 6.07) is -0.138. The summed E-state index contributed by atoms with van der Waals surface area (Å²) in [5.74, 6) is 1.75. The molecule has 0 spiro atoms. The van der Waals surface area contributed by atoms with E-state index in [4.69, 9.17) is 4.11 Å². The standard InChI is InChI=1S/C12H18O/c1-2-12(13)10-4-8-3-9(6-10)7-11(12)5-8/h2,8-11,13H,1,3-7H2/i1D2,2D. The molecule has 0 saturated heterocycles. The van der Waals surface area contributed by atoms with Crippen LogP contribution in [0, 0.1) is 23.7 Å². The number of rotatable bonds is 1. The molecule has 4 aliphatic carbocycles. The largest absolute Gasteiger partial charge is 0.385 e. The van der Waals surface area contributed by atoms with Crippen LogP contribution in [0.4, 0.5) is 0 Å². The van der Waals surface area contributed by atoms with Gasteiger partial charge in [0.1, 0.15) is 0 Å². The summed E-state index contributed by atoms with van der Waals surface area (Å²) in [6.07, 6.45) is 5.30. The smallest absolute Gasteiger partial charge is 0.0881 e. The van der Waals surface area contributed by atoms with E-state index >= 15 is 0 Å². The molecule has 72 valence electrons. The highest BCUT2D eigenvalue weighted by Gasteiger charge is 2.54. The molecule has 1 N–H and O–H groups in total. The lowest BCUT2D eigenvalue weighted by molar-refractivity contribution is -0.142. The Bertz CT molecular complexity index is 318. The van der Waals surface area contributed by atoms with Crippen LogP contribution < -0.4 is 0 Å². The molecule has 0 aromatic rings. The van der Waals surface area contributed by atoms with Gasteiger partial charge in [-0.1, -0.05) is 6.05 Å². The highest BCUT2D eigenvalue weighted by Crippen LogP contribution is 2.58. The topological polar surface area (TPSA) is 20.2 Å². The van der Waals surface area contributed by atoms with Crippen molar-refractivity contribution in [1.82, 2.24) is 0 Å². The van der Waals surface area contributed by atoms with Crippen molar-refractivity contribution in [1.29, 1.82) is 0 Å². The molecule has 0 heterocycles. The average molecular weight is 181 g/mol. The van der Waals surface area contributed by atoms with Gasteiger partial charge < -0.3 is 5.11 Å². The predicted molar refractivity (Wildman–Crippen MR) is 52.2 cm³/mol. The van der Waals surface area contributed by atoms with Crippen molar-refractivity contribution in [2.75, 3.05) is 0 Å². The van der Waals surface area contributed by atoms with E-state index in [1.807, 2.05) is 0 Å². The van der Waals surface area contributed by atoms with Crippen molar-refractivity contribution >= 4 is 0 Å². The summed E-state index contributed by atoms with van der Waals surface area (Å²) in [5, 5.41) is 10.7.